The third kappa shape index (κ3) is 3.26. The largest absolute Gasteiger partial charge is 0.454 e. The van der Waals surface area contributed by atoms with Gasteiger partial charge in [-0.1, -0.05) is 18.2 Å². The fraction of sp³-hybridized carbons (Fsp3) is 0.304. The highest BCUT2D eigenvalue weighted by Gasteiger charge is 2.43. The molecular weight excluding hydrogens is 411 g/mol. The van der Waals surface area contributed by atoms with Crippen LogP contribution in [-0.4, -0.2) is 18.5 Å². The number of benzene rings is 2. The molecular formula is C23H18F3NO4. The van der Waals surface area contributed by atoms with Gasteiger partial charge in [0.2, 0.25) is 12.7 Å². The first-order valence-corrected chi connectivity index (χ1v) is 9.99. The monoisotopic (exact) mass is 429 g/mol. The number of Topliss-reactive ketones (excluding diaryl/α,β-unsaturated/α-hetero) is 1. The highest BCUT2D eigenvalue weighted by Crippen LogP contribution is 2.47. The van der Waals surface area contributed by atoms with Gasteiger partial charge < -0.3 is 9.47 Å². The molecule has 0 saturated carbocycles. The molecule has 0 spiro atoms. The van der Waals surface area contributed by atoms with E-state index in [1.54, 1.807) is 18.2 Å². The number of rotatable bonds is 2. The zero-order valence-corrected chi connectivity index (χ0v) is 16.4. The van der Waals surface area contributed by atoms with E-state index in [0.717, 1.165) is 11.0 Å². The quantitative estimate of drug-likeness (QED) is 0.677. The van der Waals surface area contributed by atoms with Crippen molar-refractivity contribution in [1.82, 2.24) is 0 Å². The van der Waals surface area contributed by atoms with Crippen molar-refractivity contribution >= 4 is 17.4 Å². The number of anilines is 1. The van der Waals surface area contributed by atoms with Gasteiger partial charge in [-0.25, -0.2) is 0 Å². The van der Waals surface area contributed by atoms with Crippen molar-refractivity contribution < 1.29 is 32.2 Å². The second-order valence-corrected chi connectivity index (χ2v) is 7.75. The molecule has 0 N–H and O–H groups in total. The Balaban J connectivity index is 1.66. The number of hydrogen-bond donors (Lipinski definition) is 0. The summed E-state index contributed by atoms with van der Waals surface area (Å²) in [7, 11) is 0. The summed E-state index contributed by atoms with van der Waals surface area (Å²) in [5, 5.41) is 0. The standard InChI is InChI=1S/C23H18F3NO4/c24-23(25,26)15-4-1-2-5-16(15)27-17-6-3-7-18(28)22(17)14(11-21(27)29)13-8-9-19-20(10-13)31-12-30-19/h1-2,4-5,8-10,14H,3,6-7,11-12H2. The molecule has 31 heavy (non-hydrogen) atoms. The third-order valence-electron chi connectivity index (χ3n) is 5.92. The zero-order chi connectivity index (χ0) is 21.8. The minimum atomic E-state index is -4.62. The molecule has 2 aromatic carbocycles. The lowest BCUT2D eigenvalue weighted by atomic mass is 9.77. The summed E-state index contributed by atoms with van der Waals surface area (Å²) in [6.45, 7) is 0.0945. The van der Waals surface area contributed by atoms with Crippen molar-refractivity contribution in [3.05, 3.63) is 64.9 Å². The first-order chi connectivity index (χ1) is 14.8. The molecule has 3 aliphatic rings. The zero-order valence-electron chi connectivity index (χ0n) is 16.4. The number of alkyl halides is 3. The lowest BCUT2D eigenvalue weighted by Gasteiger charge is -2.39. The average Bonchev–Trinajstić information content (AvgIpc) is 3.20. The molecule has 0 radical (unpaired) electrons. The number of ether oxygens (including phenoxy) is 2. The van der Waals surface area contributed by atoms with Gasteiger partial charge in [0.15, 0.2) is 17.3 Å². The Morgan fingerprint density at radius 3 is 2.55 bits per heavy atom. The molecule has 8 heteroatoms. The van der Waals surface area contributed by atoms with Crippen molar-refractivity contribution in [1.29, 1.82) is 0 Å². The van der Waals surface area contributed by atoms with Crippen molar-refractivity contribution in [2.45, 2.75) is 37.8 Å². The molecule has 5 nitrogen and oxygen atoms in total. The highest BCUT2D eigenvalue weighted by molar-refractivity contribution is 6.07. The van der Waals surface area contributed by atoms with Crippen LogP contribution in [0, 0.1) is 0 Å². The molecule has 1 atom stereocenters. The predicted molar refractivity (Wildman–Crippen MR) is 105 cm³/mol. The average molecular weight is 429 g/mol. The molecule has 160 valence electrons. The number of halogens is 3. The smallest absolute Gasteiger partial charge is 0.418 e. The third-order valence-corrected chi connectivity index (χ3v) is 5.92. The van der Waals surface area contributed by atoms with Crippen LogP contribution >= 0.6 is 0 Å². The van der Waals surface area contributed by atoms with Gasteiger partial charge in [0, 0.05) is 30.0 Å². The fourth-order valence-corrected chi connectivity index (χ4v) is 4.60. The topological polar surface area (TPSA) is 55.8 Å². The molecule has 0 aromatic heterocycles. The first-order valence-electron chi connectivity index (χ1n) is 9.99. The Bertz CT molecular complexity index is 1120. The van der Waals surface area contributed by atoms with Crippen molar-refractivity contribution in [2.75, 3.05) is 11.7 Å². The molecule has 0 saturated heterocycles. The van der Waals surface area contributed by atoms with Gasteiger partial charge in [-0.05, 0) is 42.7 Å². The summed E-state index contributed by atoms with van der Waals surface area (Å²) in [5.74, 6) is -0.0196. The maximum atomic E-state index is 13.7. The molecule has 1 aliphatic carbocycles. The maximum Gasteiger partial charge on any atom is 0.418 e. The number of hydrogen-bond acceptors (Lipinski definition) is 4. The van der Waals surface area contributed by atoms with Gasteiger partial charge in [0.25, 0.3) is 0 Å². The van der Waals surface area contributed by atoms with Crippen LogP contribution in [0.5, 0.6) is 11.5 Å². The van der Waals surface area contributed by atoms with Crippen LogP contribution in [0.4, 0.5) is 18.9 Å². The number of carbonyl (C=O) groups excluding carboxylic acids is 2. The van der Waals surface area contributed by atoms with E-state index in [4.69, 9.17) is 9.47 Å². The van der Waals surface area contributed by atoms with Gasteiger partial charge in [0.05, 0.1) is 11.3 Å². The van der Waals surface area contributed by atoms with Crippen molar-refractivity contribution in [3.8, 4) is 11.5 Å². The Labute approximate surface area is 176 Å². The summed E-state index contributed by atoms with van der Waals surface area (Å²) < 4.78 is 51.7. The summed E-state index contributed by atoms with van der Waals surface area (Å²) in [6.07, 6.45) is -3.56. The normalized spacial score (nSPS) is 20.9. The van der Waals surface area contributed by atoms with Gasteiger partial charge >= 0.3 is 6.18 Å². The van der Waals surface area contributed by atoms with Crippen molar-refractivity contribution in [2.24, 2.45) is 0 Å². The number of fused-ring (bicyclic) bond motifs is 1. The molecule has 2 heterocycles. The van der Waals surface area contributed by atoms with E-state index in [2.05, 4.69) is 0 Å². The second-order valence-electron chi connectivity index (χ2n) is 7.75. The Kier molecular flexibility index (Phi) is 4.53. The summed E-state index contributed by atoms with van der Waals surface area (Å²) in [4.78, 5) is 27.3. The van der Waals surface area contributed by atoms with E-state index >= 15 is 0 Å². The fourth-order valence-electron chi connectivity index (χ4n) is 4.60. The molecule has 2 aliphatic heterocycles. The Morgan fingerprint density at radius 1 is 0.968 bits per heavy atom. The van der Waals surface area contributed by atoms with E-state index < -0.39 is 23.6 Å². The molecule has 2 aromatic rings. The van der Waals surface area contributed by atoms with Crippen LogP contribution in [0.15, 0.2) is 53.7 Å². The van der Waals surface area contributed by atoms with Crippen LogP contribution in [0.1, 0.15) is 42.7 Å². The van der Waals surface area contributed by atoms with E-state index in [-0.39, 0.29) is 24.7 Å². The lowest BCUT2D eigenvalue weighted by molar-refractivity contribution is -0.137. The van der Waals surface area contributed by atoms with Crippen LogP contribution in [0.25, 0.3) is 0 Å². The second kappa shape index (κ2) is 7.14. The Hall–Kier alpha value is -3.29. The van der Waals surface area contributed by atoms with Crippen LogP contribution in [0.2, 0.25) is 0 Å². The summed E-state index contributed by atoms with van der Waals surface area (Å²) in [5.41, 5.74) is 0.374. The van der Waals surface area contributed by atoms with Gasteiger partial charge in [-0.2, -0.15) is 13.2 Å². The molecule has 0 bridgehead atoms. The Morgan fingerprint density at radius 2 is 1.74 bits per heavy atom. The van der Waals surface area contributed by atoms with Gasteiger partial charge in [-0.15, -0.1) is 0 Å². The number of amides is 1. The molecule has 1 amide bonds. The highest BCUT2D eigenvalue weighted by atomic mass is 19.4. The number of para-hydroxylation sites is 1. The van der Waals surface area contributed by atoms with E-state index in [1.807, 2.05) is 0 Å². The van der Waals surface area contributed by atoms with Crippen LogP contribution in [-0.2, 0) is 15.8 Å². The van der Waals surface area contributed by atoms with Gasteiger partial charge in [-0.3, -0.25) is 14.5 Å². The van der Waals surface area contributed by atoms with E-state index in [1.165, 1.54) is 18.2 Å². The van der Waals surface area contributed by atoms with E-state index in [9.17, 15) is 22.8 Å². The minimum absolute atomic E-state index is 0.0945. The van der Waals surface area contributed by atoms with Crippen LogP contribution < -0.4 is 14.4 Å². The molecule has 1 unspecified atom stereocenters. The molecule has 0 fully saturated rings. The number of ketones is 1. The lowest BCUT2D eigenvalue weighted by Crippen LogP contribution is -2.41. The maximum absolute atomic E-state index is 13.7. The van der Waals surface area contributed by atoms with Crippen LogP contribution in [0.3, 0.4) is 0 Å². The first kappa shape index (κ1) is 19.7. The summed E-state index contributed by atoms with van der Waals surface area (Å²) in [6, 6.07) is 10.2. The van der Waals surface area contributed by atoms with E-state index in [0.29, 0.717) is 47.6 Å². The number of carbonyl (C=O) groups is 2. The number of allylic oxidation sites excluding steroid dienone is 2. The van der Waals surface area contributed by atoms with Crippen molar-refractivity contribution in [3.63, 3.8) is 0 Å². The predicted octanol–water partition coefficient (Wildman–Crippen LogP) is 4.96. The summed E-state index contributed by atoms with van der Waals surface area (Å²) >= 11 is 0. The van der Waals surface area contributed by atoms with Gasteiger partial charge in [0.1, 0.15) is 0 Å². The molecule has 5 rings (SSSR count). The number of nitrogens with zero attached hydrogens (tertiary/aromatic N) is 1. The SMILES string of the molecule is O=C1CCCC2=C1C(c1ccc3c(c1)OCO3)CC(=O)N2c1ccccc1C(F)(F)F. The minimum Gasteiger partial charge on any atom is -0.454 e.